The van der Waals surface area contributed by atoms with Gasteiger partial charge in [0.05, 0.1) is 15.1 Å². The van der Waals surface area contributed by atoms with Crippen molar-refractivity contribution in [1.82, 2.24) is 0 Å². The first kappa shape index (κ1) is 16.4. The Bertz CT molecular complexity index is 845. The number of rotatable bonds is 4. The Morgan fingerprint density at radius 3 is 2.17 bits per heavy atom. The second kappa shape index (κ2) is 5.89. The first-order chi connectivity index (χ1) is 10.8. The van der Waals surface area contributed by atoms with E-state index >= 15 is 0 Å². The summed E-state index contributed by atoms with van der Waals surface area (Å²) >= 11 is 10.9. The molecule has 0 bridgehead atoms. The van der Waals surface area contributed by atoms with E-state index in [9.17, 15) is 8.42 Å². The molecule has 0 saturated heterocycles. The monoisotopic (exact) mass is 365 g/mol. The van der Waals surface area contributed by atoms with Crippen molar-refractivity contribution in [3.63, 3.8) is 0 Å². The quantitative estimate of drug-likeness (QED) is 0.842. The van der Waals surface area contributed by atoms with Gasteiger partial charge in [0.1, 0.15) is 0 Å². The van der Waals surface area contributed by atoms with Gasteiger partial charge in [0.25, 0.3) is 0 Å². The molecular formula is C17H16ClNO2S2. The van der Waals surface area contributed by atoms with Crippen LogP contribution in [0.2, 0.25) is 5.02 Å². The minimum absolute atomic E-state index is 0.186. The summed E-state index contributed by atoms with van der Waals surface area (Å²) in [7, 11) is -3.51. The van der Waals surface area contributed by atoms with Gasteiger partial charge in [-0.25, -0.2) is 8.42 Å². The van der Waals surface area contributed by atoms with Gasteiger partial charge in [-0.3, -0.25) is 0 Å². The topological polar surface area (TPSA) is 60.2 Å². The lowest BCUT2D eigenvalue weighted by molar-refractivity contribution is 0.593. The molecule has 0 radical (unpaired) electrons. The third-order valence-corrected chi connectivity index (χ3v) is 7.00. The molecular weight excluding hydrogens is 350 g/mol. The van der Waals surface area contributed by atoms with Crippen molar-refractivity contribution in [3.05, 3.63) is 64.7 Å². The Morgan fingerprint density at radius 2 is 1.65 bits per heavy atom. The summed E-state index contributed by atoms with van der Waals surface area (Å²) in [6.07, 6.45) is 0. The minimum atomic E-state index is -3.51. The van der Waals surface area contributed by atoms with Gasteiger partial charge in [-0.05, 0) is 36.8 Å². The van der Waals surface area contributed by atoms with E-state index in [1.807, 2.05) is 31.2 Å². The van der Waals surface area contributed by atoms with Gasteiger partial charge in [0.2, 0.25) is 0 Å². The zero-order chi connectivity index (χ0) is 16.8. The first-order valence-corrected chi connectivity index (χ1v) is 9.51. The fourth-order valence-corrected chi connectivity index (χ4v) is 5.63. The molecule has 1 aliphatic rings. The lowest BCUT2D eigenvalue weighted by Gasteiger charge is -2.05. The van der Waals surface area contributed by atoms with Crippen molar-refractivity contribution in [2.75, 3.05) is 0 Å². The normalized spacial score (nSPS) is 23.5. The Hall–Kier alpha value is -1.43. The zero-order valence-corrected chi connectivity index (χ0v) is 14.8. The third kappa shape index (κ3) is 3.01. The van der Waals surface area contributed by atoms with E-state index in [4.69, 9.17) is 29.6 Å². The highest BCUT2D eigenvalue weighted by Crippen LogP contribution is 2.54. The van der Waals surface area contributed by atoms with Crippen LogP contribution in [0.3, 0.4) is 0 Å². The molecule has 0 aromatic heterocycles. The van der Waals surface area contributed by atoms with E-state index in [-0.39, 0.29) is 21.7 Å². The van der Waals surface area contributed by atoms with E-state index in [2.05, 4.69) is 0 Å². The molecule has 3 rings (SSSR count). The second-order valence-corrected chi connectivity index (χ2v) is 8.84. The van der Waals surface area contributed by atoms with Gasteiger partial charge >= 0.3 is 0 Å². The van der Waals surface area contributed by atoms with E-state index in [1.54, 1.807) is 12.1 Å². The van der Waals surface area contributed by atoms with Crippen molar-refractivity contribution in [2.24, 2.45) is 11.7 Å². The highest BCUT2D eigenvalue weighted by atomic mass is 35.5. The van der Waals surface area contributed by atoms with Crippen LogP contribution in [-0.4, -0.2) is 18.7 Å². The largest absolute Gasteiger partial charge is 0.393 e. The number of benzene rings is 2. The first-order valence-electron chi connectivity index (χ1n) is 7.18. The van der Waals surface area contributed by atoms with Gasteiger partial charge in [-0.2, -0.15) is 0 Å². The molecule has 3 nitrogen and oxygen atoms in total. The van der Waals surface area contributed by atoms with Crippen molar-refractivity contribution in [2.45, 2.75) is 23.0 Å². The van der Waals surface area contributed by atoms with Crippen LogP contribution >= 0.6 is 23.8 Å². The zero-order valence-electron chi connectivity index (χ0n) is 12.4. The van der Waals surface area contributed by atoms with Gasteiger partial charge in [0, 0.05) is 16.9 Å². The predicted molar refractivity (Wildman–Crippen MR) is 96.6 cm³/mol. The highest BCUT2D eigenvalue weighted by molar-refractivity contribution is 7.92. The average Bonchev–Trinajstić information content (AvgIpc) is 3.25. The molecule has 2 aromatic carbocycles. The molecule has 2 aromatic rings. The maximum Gasteiger partial charge on any atom is 0.182 e. The van der Waals surface area contributed by atoms with Crippen molar-refractivity contribution < 1.29 is 8.42 Å². The van der Waals surface area contributed by atoms with Crippen LogP contribution < -0.4 is 5.73 Å². The summed E-state index contributed by atoms with van der Waals surface area (Å²) < 4.78 is 25.8. The fraction of sp³-hybridized carbons (Fsp3) is 0.235. The predicted octanol–water partition coefficient (Wildman–Crippen LogP) is 3.49. The number of sulfone groups is 1. The summed E-state index contributed by atoms with van der Waals surface area (Å²) in [6.45, 7) is 1.99. The molecule has 6 heteroatoms. The van der Waals surface area contributed by atoms with Gasteiger partial charge in [0.15, 0.2) is 9.84 Å². The molecule has 120 valence electrons. The molecule has 1 aliphatic carbocycles. The second-order valence-electron chi connectivity index (χ2n) is 5.83. The smallest absolute Gasteiger partial charge is 0.182 e. The minimum Gasteiger partial charge on any atom is -0.393 e. The Morgan fingerprint density at radius 1 is 1.09 bits per heavy atom. The molecule has 3 atom stereocenters. The Labute approximate surface area is 146 Å². The number of thiocarbonyl (C=S) groups is 1. The van der Waals surface area contributed by atoms with Crippen molar-refractivity contribution >= 4 is 38.6 Å². The molecule has 23 heavy (non-hydrogen) atoms. The Balaban J connectivity index is 1.98. The molecule has 0 aliphatic heterocycles. The SMILES string of the molecule is Cc1ccc([C@@H]2[C@@H](C(N)=S)[C@@H]2S(=O)(=O)c2ccc(Cl)cc2)cc1. The number of nitrogens with two attached hydrogens (primary N) is 1. The maximum absolute atomic E-state index is 12.9. The van der Waals surface area contributed by atoms with Crippen LogP contribution in [0.25, 0.3) is 0 Å². The summed E-state index contributed by atoms with van der Waals surface area (Å²) in [5, 5.41) is -0.107. The summed E-state index contributed by atoms with van der Waals surface area (Å²) in [5.74, 6) is -0.512. The van der Waals surface area contributed by atoms with Crippen LogP contribution in [0.15, 0.2) is 53.4 Å². The molecule has 0 spiro atoms. The van der Waals surface area contributed by atoms with Crippen LogP contribution in [0.1, 0.15) is 17.0 Å². The van der Waals surface area contributed by atoms with Crippen molar-refractivity contribution in [3.8, 4) is 0 Å². The molecule has 1 fully saturated rings. The van der Waals surface area contributed by atoms with E-state index in [1.165, 1.54) is 12.1 Å². The lowest BCUT2D eigenvalue weighted by Crippen LogP contribution is -2.17. The van der Waals surface area contributed by atoms with Crippen LogP contribution in [0.4, 0.5) is 0 Å². The van der Waals surface area contributed by atoms with E-state index in [0.717, 1.165) is 11.1 Å². The highest BCUT2D eigenvalue weighted by Gasteiger charge is 2.60. The standard InChI is InChI=1S/C17H16ClNO2S2/c1-10-2-4-11(5-3-10)14-15(17(19)22)16(14)23(20,21)13-8-6-12(18)7-9-13/h2-9,14-16H,1H3,(H2,19,22)/t14-,15-,16-/m1/s1. The van der Waals surface area contributed by atoms with Gasteiger partial charge in [-0.1, -0.05) is 53.6 Å². The van der Waals surface area contributed by atoms with Gasteiger partial charge in [-0.15, -0.1) is 0 Å². The average molecular weight is 366 g/mol. The third-order valence-electron chi connectivity index (χ3n) is 4.25. The number of hydrogen-bond acceptors (Lipinski definition) is 3. The number of hydrogen-bond donors (Lipinski definition) is 1. The van der Waals surface area contributed by atoms with E-state index < -0.39 is 15.1 Å². The molecule has 0 amide bonds. The molecule has 1 saturated carbocycles. The summed E-state index contributed by atoms with van der Waals surface area (Å²) in [6, 6.07) is 14.0. The van der Waals surface area contributed by atoms with E-state index in [0.29, 0.717) is 5.02 Å². The molecule has 2 N–H and O–H groups in total. The van der Waals surface area contributed by atoms with Crippen molar-refractivity contribution in [1.29, 1.82) is 0 Å². The number of aryl methyl sites for hydroxylation is 1. The fourth-order valence-electron chi connectivity index (χ4n) is 2.98. The lowest BCUT2D eigenvalue weighted by atomic mass is 10.1. The molecule has 0 heterocycles. The van der Waals surface area contributed by atoms with Crippen LogP contribution in [-0.2, 0) is 9.84 Å². The Kier molecular flexibility index (Phi) is 4.21. The number of halogens is 1. The summed E-state index contributed by atoms with van der Waals surface area (Å²) in [4.78, 5) is 0.501. The van der Waals surface area contributed by atoms with Crippen LogP contribution in [0.5, 0.6) is 0 Å². The van der Waals surface area contributed by atoms with Gasteiger partial charge < -0.3 is 5.73 Å². The maximum atomic E-state index is 12.9. The van der Waals surface area contributed by atoms with Crippen LogP contribution in [0, 0.1) is 12.8 Å². The summed E-state index contributed by atoms with van der Waals surface area (Å²) in [5.41, 5.74) is 7.87. The molecule has 0 unspecified atom stereocenters.